The summed E-state index contributed by atoms with van der Waals surface area (Å²) in [5.74, 6) is 0.155. The first-order valence-electron chi connectivity index (χ1n) is 10.6. The Labute approximate surface area is 189 Å². The summed E-state index contributed by atoms with van der Waals surface area (Å²) in [6, 6.07) is 12.1. The summed E-state index contributed by atoms with van der Waals surface area (Å²) in [7, 11) is 3.33. The fourth-order valence-corrected chi connectivity index (χ4v) is 3.13. The Hall–Kier alpha value is -3.13. The van der Waals surface area contributed by atoms with Gasteiger partial charge in [0.2, 0.25) is 5.91 Å². The molecule has 0 aliphatic carbocycles. The van der Waals surface area contributed by atoms with Crippen molar-refractivity contribution in [1.82, 2.24) is 10.6 Å². The van der Waals surface area contributed by atoms with Gasteiger partial charge in [0.25, 0.3) is 0 Å². The van der Waals surface area contributed by atoms with Gasteiger partial charge in [0.1, 0.15) is 11.6 Å². The van der Waals surface area contributed by atoms with E-state index in [1.165, 1.54) is 12.1 Å². The molecule has 0 aliphatic rings. The van der Waals surface area contributed by atoms with Gasteiger partial charge in [-0.05, 0) is 42.7 Å². The highest BCUT2D eigenvalue weighted by atomic mass is 19.1. The lowest BCUT2D eigenvalue weighted by atomic mass is 9.98. The summed E-state index contributed by atoms with van der Waals surface area (Å²) in [5.41, 5.74) is 8.52. The number of primary amides is 1. The Morgan fingerprint density at radius 2 is 1.91 bits per heavy atom. The molecule has 8 heteroatoms. The first kappa shape index (κ1) is 25.1. The lowest BCUT2D eigenvalue weighted by Gasteiger charge is -2.18. The number of halogens is 1. The number of rotatable bonds is 12. The second-order valence-corrected chi connectivity index (χ2v) is 7.54. The molecular formula is C24H33FN4O3. The SMILES string of the molecule is CN=C(NCc1ccc(C)cc1OCCCOC)NCC(Cc1ccc(F)cc1)C(N)=O. The average Bonchev–Trinajstić information content (AvgIpc) is 2.78. The Morgan fingerprint density at radius 1 is 1.16 bits per heavy atom. The zero-order valence-corrected chi connectivity index (χ0v) is 19.0. The van der Waals surface area contributed by atoms with E-state index in [-0.39, 0.29) is 5.82 Å². The van der Waals surface area contributed by atoms with Gasteiger partial charge in [0.05, 0.1) is 12.5 Å². The Kier molecular flexibility index (Phi) is 10.5. The molecule has 0 saturated heterocycles. The van der Waals surface area contributed by atoms with Crippen LogP contribution in [0, 0.1) is 18.7 Å². The summed E-state index contributed by atoms with van der Waals surface area (Å²) in [6.45, 7) is 4.04. The number of hydrogen-bond donors (Lipinski definition) is 3. The van der Waals surface area contributed by atoms with Crippen LogP contribution in [-0.2, 0) is 22.5 Å². The van der Waals surface area contributed by atoms with E-state index in [0.717, 1.165) is 28.9 Å². The molecule has 0 fully saturated rings. The maximum atomic E-state index is 13.1. The molecule has 1 atom stereocenters. The fourth-order valence-electron chi connectivity index (χ4n) is 3.13. The van der Waals surface area contributed by atoms with Gasteiger partial charge >= 0.3 is 0 Å². The van der Waals surface area contributed by atoms with Crippen LogP contribution in [0.1, 0.15) is 23.1 Å². The normalized spacial score (nSPS) is 12.3. The lowest BCUT2D eigenvalue weighted by molar-refractivity contribution is -0.121. The molecule has 0 radical (unpaired) electrons. The number of benzene rings is 2. The van der Waals surface area contributed by atoms with Gasteiger partial charge in [-0.2, -0.15) is 0 Å². The molecule has 0 spiro atoms. The van der Waals surface area contributed by atoms with Gasteiger partial charge < -0.3 is 25.8 Å². The molecule has 2 rings (SSSR count). The predicted octanol–water partition coefficient (Wildman–Crippen LogP) is 2.56. The number of carbonyl (C=O) groups excluding carboxylic acids is 1. The highest BCUT2D eigenvalue weighted by Crippen LogP contribution is 2.20. The van der Waals surface area contributed by atoms with Crippen LogP contribution < -0.4 is 21.1 Å². The minimum absolute atomic E-state index is 0.306. The molecule has 2 aromatic carbocycles. The van der Waals surface area contributed by atoms with Crippen molar-refractivity contribution in [3.05, 3.63) is 65.0 Å². The summed E-state index contributed by atoms with van der Waals surface area (Å²) < 4.78 is 24.1. The summed E-state index contributed by atoms with van der Waals surface area (Å²) in [6.07, 6.45) is 1.22. The van der Waals surface area contributed by atoms with Crippen LogP contribution in [0.25, 0.3) is 0 Å². The average molecular weight is 445 g/mol. The van der Waals surface area contributed by atoms with E-state index < -0.39 is 11.8 Å². The van der Waals surface area contributed by atoms with Crippen molar-refractivity contribution in [3.63, 3.8) is 0 Å². The van der Waals surface area contributed by atoms with Gasteiger partial charge in [-0.3, -0.25) is 9.79 Å². The molecule has 0 saturated carbocycles. The number of methoxy groups -OCH3 is 1. The molecule has 32 heavy (non-hydrogen) atoms. The largest absolute Gasteiger partial charge is 0.493 e. The number of nitrogens with two attached hydrogens (primary N) is 1. The number of aryl methyl sites for hydroxylation is 1. The Morgan fingerprint density at radius 3 is 2.56 bits per heavy atom. The van der Waals surface area contributed by atoms with E-state index in [4.69, 9.17) is 15.2 Å². The van der Waals surface area contributed by atoms with Crippen molar-refractivity contribution >= 4 is 11.9 Å². The summed E-state index contributed by atoms with van der Waals surface area (Å²) >= 11 is 0. The van der Waals surface area contributed by atoms with Crippen molar-refractivity contribution in [1.29, 1.82) is 0 Å². The number of hydrogen-bond acceptors (Lipinski definition) is 4. The number of nitrogens with zero attached hydrogens (tertiary/aromatic N) is 1. The molecule has 1 unspecified atom stereocenters. The molecule has 4 N–H and O–H groups in total. The van der Waals surface area contributed by atoms with Gasteiger partial charge in [-0.1, -0.05) is 24.3 Å². The molecule has 0 aliphatic heterocycles. The van der Waals surface area contributed by atoms with E-state index in [1.54, 1.807) is 26.3 Å². The number of nitrogens with one attached hydrogen (secondary N) is 2. The number of ether oxygens (including phenoxy) is 2. The quantitative estimate of drug-likeness (QED) is 0.266. The maximum absolute atomic E-state index is 13.1. The fraction of sp³-hybridized carbons (Fsp3) is 0.417. The number of guanidine groups is 1. The molecule has 0 heterocycles. The van der Waals surface area contributed by atoms with Crippen LogP contribution in [-0.4, -0.2) is 45.8 Å². The lowest BCUT2D eigenvalue weighted by Crippen LogP contribution is -2.42. The van der Waals surface area contributed by atoms with Crippen LogP contribution in [0.5, 0.6) is 5.75 Å². The molecule has 7 nitrogen and oxygen atoms in total. The third-order valence-electron chi connectivity index (χ3n) is 4.96. The van der Waals surface area contributed by atoms with E-state index >= 15 is 0 Å². The van der Waals surface area contributed by atoms with Gasteiger partial charge in [0, 0.05) is 45.8 Å². The zero-order valence-electron chi connectivity index (χ0n) is 19.0. The van der Waals surface area contributed by atoms with Crippen LogP contribution in [0.15, 0.2) is 47.5 Å². The highest BCUT2D eigenvalue weighted by molar-refractivity contribution is 5.81. The summed E-state index contributed by atoms with van der Waals surface area (Å²) in [4.78, 5) is 16.1. The Bertz CT molecular complexity index is 887. The monoisotopic (exact) mass is 444 g/mol. The van der Waals surface area contributed by atoms with Crippen LogP contribution in [0.4, 0.5) is 4.39 Å². The molecule has 0 bridgehead atoms. The molecule has 0 aromatic heterocycles. The van der Waals surface area contributed by atoms with Crippen molar-refractivity contribution in [2.24, 2.45) is 16.6 Å². The second kappa shape index (κ2) is 13.3. The predicted molar refractivity (Wildman–Crippen MR) is 124 cm³/mol. The van der Waals surface area contributed by atoms with Gasteiger partial charge in [-0.15, -0.1) is 0 Å². The maximum Gasteiger partial charge on any atom is 0.222 e. The molecule has 2 aromatic rings. The second-order valence-electron chi connectivity index (χ2n) is 7.54. The van der Waals surface area contributed by atoms with Crippen molar-refractivity contribution in [3.8, 4) is 5.75 Å². The molecule has 174 valence electrons. The zero-order chi connectivity index (χ0) is 23.3. The molecular weight excluding hydrogens is 411 g/mol. The van der Waals surface area contributed by atoms with Crippen LogP contribution in [0.2, 0.25) is 0 Å². The van der Waals surface area contributed by atoms with Gasteiger partial charge in [-0.25, -0.2) is 4.39 Å². The van der Waals surface area contributed by atoms with E-state index in [1.807, 2.05) is 25.1 Å². The Balaban J connectivity index is 1.92. The minimum atomic E-state index is -0.460. The van der Waals surface area contributed by atoms with Crippen LogP contribution in [0.3, 0.4) is 0 Å². The standard InChI is InChI=1S/C24H33FN4O3/c1-17-5-8-19(22(13-17)32-12-4-11-31-3)15-28-24(27-2)29-16-20(23(26)30)14-18-6-9-21(25)10-7-18/h5-10,13,20H,4,11-12,14-16H2,1-3H3,(H2,26,30)(H2,27,28,29). The van der Waals surface area contributed by atoms with E-state index in [0.29, 0.717) is 38.7 Å². The van der Waals surface area contributed by atoms with Crippen LogP contribution >= 0.6 is 0 Å². The molecule has 1 amide bonds. The third kappa shape index (κ3) is 8.55. The number of amides is 1. The third-order valence-corrected chi connectivity index (χ3v) is 4.96. The van der Waals surface area contributed by atoms with E-state index in [9.17, 15) is 9.18 Å². The first-order chi connectivity index (χ1) is 15.4. The smallest absolute Gasteiger partial charge is 0.222 e. The number of aliphatic imine (C=N–C) groups is 1. The summed E-state index contributed by atoms with van der Waals surface area (Å²) in [5, 5.41) is 6.40. The highest BCUT2D eigenvalue weighted by Gasteiger charge is 2.17. The topological polar surface area (TPSA) is 98.0 Å². The van der Waals surface area contributed by atoms with E-state index in [2.05, 4.69) is 15.6 Å². The van der Waals surface area contributed by atoms with Crippen molar-refractivity contribution in [2.45, 2.75) is 26.3 Å². The number of carbonyl (C=O) groups is 1. The first-order valence-corrected chi connectivity index (χ1v) is 10.6. The minimum Gasteiger partial charge on any atom is -0.493 e. The van der Waals surface area contributed by atoms with Crippen molar-refractivity contribution in [2.75, 3.05) is 33.9 Å². The van der Waals surface area contributed by atoms with Crippen molar-refractivity contribution < 1.29 is 18.7 Å². The van der Waals surface area contributed by atoms with Gasteiger partial charge in [0.15, 0.2) is 5.96 Å².